The standard InChI is InChI=1S/C23H40O4/c1-12-17(24)18-16(4)21(8,9)19(27-18)23(13-2,26-11)15(3)14-22(10,25)20(5,6)7/h12,15,19,25H,1,13-14H2,2-11H3. The summed E-state index contributed by atoms with van der Waals surface area (Å²) in [5.74, 6) is 0.195. The van der Waals surface area contributed by atoms with Crippen LogP contribution < -0.4 is 0 Å². The minimum absolute atomic E-state index is 0.0111. The molecule has 0 radical (unpaired) electrons. The molecule has 156 valence electrons. The molecule has 0 aliphatic carbocycles. The summed E-state index contributed by atoms with van der Waals surface area (Å²) in [6, 6.07) is 0. The third-order valence-corrected chi connectivity index (χ3v) is 7.14. The molecule has 4 heteroatoms. The van der Waals surface area contributed by atoms with Gasteiger partial charge < -0.3 is 14.6 Å². The molecule has 1 rings (SSSR count). The van der Waals surface area contributed by atoms with Crippen LogP contribution in [-0.2, 0) is 14.3 Å². The monoisotopic (exact) mass is 380 g/mol. The molecule has 0 aromatic rings. The van der Waals surface area contributed by atoms with Crippen LogP contribution in [0.15, 0.2) is 24.0 Å². The highest BCUT2D eigenvalue weighted by atomic mass is 16.6. The molecule has 0 saturated carbocycles. The SMILES string of the molecule is C=CC(=O)C1=C(C)C(C)(C)C(C(CC)(OC)C(C)CC(C)(O)C(C)(C)C)O1. The van der Waals surface area contributed by atoms with Crippen molar-refractivity contribution in [2.75, 3.05) is 7.11 Å². The molecule has 0 aromatic carbocycles. The van der Waals surface area contributed by atoms with E-state index in [0.29, 0.717) is 18.6 Å². The Labute approximate surface area is 166 Å². The van der Waals surface area contributed by atoms with E-state index < -0.39 is 11.2 Å². The first kappa shape index (κ1) is 23.9. The summed E-state index contributed by atoms with van der Waals surface area (Å²) in [5, 5.41) is 11.1. The average Bonchev–Trinajstić information content (AvgIpc) is 2.78. The van der Waals surface area contributed by atoms with Crippen molar-refractivity contribution in [1.82, 2.24) is 0 Å². The molecule has 27 heavy (non-hydrogen) atoms. The summed E-state index contributed by atoms with van der Waals surface area (Å²) in [7, 11) is 1.70. The number of ether oxygens (including phenoxy) is 2. The van der Waals surface area contributed by atoms with Crippen molar-refractivity contribution < 1.29 is 19.4 Å². The van der Waals surface area contributed by atoms with Gasteiger partial charge in [0.2, 0.25) is 5.78 Å². The number of carbonyl (C=O) groups excluding carboxylic acids is 1. The van der Waals surface area contributed by atoms with Crippen LogP contribution in [0.4, 0.5) is 0 Å². The molecular formula is C23H40O4. The summed E-state index contributed by atoms with van der Waals surface area (Å²) in [4.78, 5) is 12.3. The molecule has 0 spiro atoms. The first-order valence-electron chi connectivity index (χ1n) is 9.94. The molecule has 1 aliphatic rings. The van der Waals surface area contributed by atoms with Crippen LogP contribution in [0.25, 0.3) is 0 Å². The number of aliphatic hydroxyl groups is 1. The van der Waals surface area contributed by atoms with E-state index in [1.807, 2.05) is 34.6 Å². The summed E-state index contributed by atoms with van der Waals surface area (Å²) < 4.78 is 12.4. The van der Waals surface area contributed by atoms with Gasteiger partial charge in [0, 0.05) is 12.5 Å². The molecule has 0 amide bonds. The van der Waals surface area contributed by atoms with Gasteiger partial charge in [-0.25, -0.2) is 0 Å². The molecular weight excluding hydrogens is 340 g/mol. The maximum atomic E-state index is 12.3. The fraction of sp³-hybridized carbons (Fsp3) is 0.783. The summed E-state index contributed by atoms with van der Waals surface area (Å²) in [5.41, 5.74) is -1.22. The Morgan fingerprint density at radius 1 is 1.37 bits per heavy atom. The number of carbonyl (C=O) groups is 1. The van der Waals surface area contributed by atoms with Gasteiger partial charge in [-0.2, -0.15) is 0 Å². The maximum Gasteiger partial charge on any atom is 0.219 e. The maximum absolute atomic E-state index is 12.3. The third kappa shape index (κ3) is 4.02. The van der Waals surface area contributed by atoms with Gasteiger partial charge in [-0.15, -0.1) is 0 Å². The molecule has 0 fully saturated rings. The fourth-order valence-electron chi connectivity index (χ4n) is 4.21. The van der Waals surface area contributed by atoms with Crippen molar-refractivity contribution in [3.05, 3.63) is 24.0 Å². The van der Waals surface area contributed by atoms with Crippen LogP contribution in [0.2, 0.25) is 0 Å². The van der Waals surface area contributed by atoms with Gasteiger partial charge in [0.05, 0.1) is 5.60 Å². The van der Waals surface area contributed by atoms with Crippen LogP contribution in [0.5, 0.6) is 0 Å². The number of hydrogen-bond donors (Lipinski definition) is 1. The molecule has 4 nitrogen and oxygen atoms in total. The molecule has 1 N–H and O–H groups in total. The van der Waals surface area contributed by atoms with Crippen molar-refractivity contribution in [3.8, 4) is 0 Å². The number of hydrogen-bond acceptors (Lipinski definition) is 4. The van der Waals surface area contributed by atoms with Gasteiger partial charge >= 0.3 is 0 Å². The van der Waals surface area contributed by atoms with Crippen LogP contribution in [0.3, 0.4) is 0 Å². The highest BCUT2D eigenvalue weighted by molar-refractivity contribution is 6.03. The molecule has 1 aliphatic heterocycles. The fourth-order valence-corrected chi connectivity index (χ4v) is 4.21. The van der Waals surface area contributed by atoms with E-state index in [1.165, 1.54) is 6.08 Å². The van der Waals surface area contributed by atoms with E-state index in [-0.39, 0.29) is 28.6 Å². The first-order chi connectivity index (χ1) is 12.1. The largest absolute Gasteiger partial charge is 0.482 e. The van der Waals surface area contributed by atoms with Crippen molar-refractivity contribution in [2.24, 2.45) is 16.7 Å². The normalized spacial score (nSPS) is 25.4. The Bertz CT molecular complexity index is 600. The zero-order chi connectivity index (χ0) is 21.4. The highest BCUT2D eigenvalue weighted by Crippen LogP contribution is 2.52. The van der Waals surface area contributed by atoms with Crippen LogP contribution in [0, 0.1) is 16.7 Å². The van der Waals surface area contributed by atoms with Crippen molar-refractivity contribution in [3.63, 3.8) is 0 Å². The minimum Gasteiger partial charge on any atom is -0.482 e. The van der Waals surface area contributed by atoms with E-state index in [0.717, 1.165) is 5.57 Å². The number of rotatable bonds is 8. The lowest BCUT2D eigenvalue weighted by Crippen LogP contribution is -2.57. The van der Waals surface area contributed by atoms with Crippen LogP contribution >= 0.6 is 0 Å². The third-order valence-electron chi connectivity index (χ3n) is 7.14. The Kier molecular flexibility index (Phi) is 6.83. The second-order valence-electron chi connectivity index (χ2n) is 9.88. The lowest BCUT2D eigenvalue weighted by Gasteiger charge is -2.49. The second kappa shape index (κ2) is 7.71. The van der Waals surface area contributed by atoms with E-state index in [1.54, 1.807) is 7.11 Å². The van der Waals surface area contributed by atoms with E-state index in [9.17, 15) is 9.90 Å². The van der Waals surface area contributed by atoms with Crippen LogP contribution in [0.1, 0.15) is 75.2 Å². The van der Waals surface area contributed by atoms with Crippen molar-refractivity contribution in [1.29, 1.82) is 0 Å². The predicted octanol–water partition coefficient (Wildman–Crippen LogP) is 5.06. The van der Waals surface area contributed by atoms with Gasteiger partial charge in [0.1, 0.15) is 11.7 Å². The topological polar surface area (TPSA) is 55.8 Å². The van der Waals surface area contributed by atoms with E-state index in [2.05, 4.69) is 34.3 Å². The molecule has 4 atom stereocenters. The van der Waals surface area contributed by atoms with E-state index >= 15 is 0 Å². The minimum atomic E-state index is -0.865. The second-order valence-corrected chi connectivity index (χ2v) is 9.88. The van der Waals surface area contributed by atoms with Gasteiger partial charge in [-0.05, 0) is 49.7 Å². The van der Waals surface area contributed by atoms with E-state index in [4.69, 9.17) is 9.47 Å². The van der Waals surface area contributed by atoms with Gasteiger partial charge in [0.25, 0.3) is 0 Å². The quantitative estimate of drug-likeness (QED) is 0.598. The van der Waals surface area contributed by atoms with Gasteiger partial charge in [-0.1, -0.05) is 55.0 Å². The number of ketones is 1. The highest BCUT2D eigenvalue weighted by Gasteiger charge is 2.57. The first-order valence-corrected chi connectivity index (χ1v) is 9.94. The average molecular weight is 381 g/mol. The number of allylic oxidation sites excluding steroid dienone is 1. The molecule has 4 unspecified atom stereocenters. The lowest BCUT2D eigenvalue weighted by molar-refractivity contribution is -0.180. The van der Waals surface area contributed by atoms with Gasteiger partial charge in [-0.3, -0.25) is 4.79 Å². The zero-order valence-corrected chi connectivity index (χ0v) is 19.0. The molecule has 0 aromatic heterocycles. The Morgan fingerprint density at radius 3 is 2.26 bits per heavy atom. The molecule has 1 heterocycles. The summed E-state index contributed by atoms with van der Waals surface area (Å²) >= 11 is 0. The number of methoxy groups -OCH3 is 1. The molecule has 0 saturated heterocycles. The Balaban J connectivity index is 3.36. The molecule has 0 bridgehead atoms. The van der Waals surface area contributed by atoms with Crippen molar-refractivity contribution >= 4 is 5.78 Å². The lowest BCUT2D eigenvalue weighted by atomic mass is 9.64. The Hall–Kier alpha value is -1.13. The smallest absolute Gasteiger partial charge is 0.219 e. The summed E-state index contributed by atoms with van der Waals surface area (Å²) in [6.45, 7) is 21.9. The summed E-state index contributed by atoms with van der Waals surface area (Å²) in [6.07, 6.45) is 2.25. The zero-order valence-electron chi connectivity index (χ0n) is 19.0. The Morgan fingerprint density at radius 2 is 1.89 bits per heavy atom. The van der Waals surface area contributed by atoms with Crippen molar-refractivity contribution in [2.45, 2.75) is 92.5 Å². The van der Waals surface area contributed by atoms with Gasteiger partial charge in [0.15, 0.2) is 5.76 Å². The van der Waals surface area contributed by atoms with Crippen LogP contribution in [-0.4, -0.2) is 35.3 Å². The predicted molar refractivity (Wildman–Crippen MR) is 110 cm³/mol.